The minimum atomic E-state index is -4.50. The molecule has 0 aliphatic heterocycles. The number of fused-ring (bicyclic) bond motifs is 2. The number of unbranched alkanes of at least 4 members (excludes halogenated alkanes) is 20. The molecule has 4 rings (SSSR count). The summed E-state index contributed by atoms with van der Waals surface area (Å²) in [4.78, 5) is -0.000604. The van der Waals surface area contributed by atoms with E-state index in [-0.39, 0.29) is 47.5 Å². The second-order valence-electron chi connectivity index (χ2n) is 17.2. The normalized spacial score (nSPS) is 11.8. The van der Waals surface area contributed by atoms with Crippen LogP contribution < -0.4 is 0 Å². The maximum absolute atomic E-state index is 12.1. The van der Waals surface area contributed by atoms with Crippen molar-refractivity contribution in [3.63, 3.8) is 0 Å². The Labute approximate surface area is 402 Å². The predicted molar refractivity (Wildman–Crippen MR) is 258 cm³/mol. The molecule has 0 aromatic heterocycles. The average Bonchev–Trinajstić information content (AvgIpc) is 3.22. The van der Waals surface area contributed by atoms with Crippen molar-refractivity contribution in [2.24, 2.45) is 0 Å². The first kappa shape index (κ1) is 55.6. The number of hydrogen-bond donors (Lipinski definition) is 0. The minimum Gasteiger partial charge on any atom is -0.744 e. The Morgan fingerprint density at radius 2 is 0.639 bits per heavy atom. The van der Waals surface area contributed by atoms with Crippen molar-refractivity contribution in [1.82, 2.24) is 0 Å². The SMILES string of the molecule is CCCCCCCCc1ccc2c(S(=O)(=O)[O-])c(CCCCCCCC)ccc2c1.CCCCCCCCc1ccc2c(S(=O)(=O)[O-])c(CCCCCCCC)ccc2c1.[Ca+2]. The van der Waals surface area contributed by atoms with Crippen molar-refractivity contribution in [2.75, 3.05) is 0 Å². The van der Waals surface area contributed by atoms with Crippen molar-refractivity contribution < 1.29 is 25.9 Å². The molecule has 0 aliphatic rings. The number of hydrogen-bond acceptors (Lipinski definition) is 6. The van der Waals surface area contributed by atoms with Crippen LogP contribution in [0.3, 0.4) is 0 Å². The zero-order chi connectivity index (χ0) is 43.6. The maximum Gasteiger partial charge on any atom is 2.00 e. The summed E-state index contributed by atoms with van der Waals surface area (Å²) in [7, 11) is -9.01. The molecule has 0 bridgehead atoms. The van der Waals surface area contributed by atoms with Gasteiger partial charge in [0.15, 0.2) is 0 Å². The van der Waals surface area contributed by atoms with Gasteiger partial charge >= 0.3 is 37.7 Å². The molecular formula is C52H78CaO6S2. The Morgan fingerprint density at radius 3 is 0.934 bits per heavy atom. The first-order chi connectivity index (χ1) is 28.9. The van der Waals surface area contributed by atoms with Crippen LogP contribution in [0.2, 0.25) is 0 Å². The van der Waals surface area contributed by atoms with E-state index in [1.165, 1.54) is 127 Å². The van der Waals surface area contributed by atoms with Gasteiger partial charge in [-0.1, -0.05) is 217 Å². The van der Waals surface area contributed by atoms with Crippen LogP contribution in [0.15, 0.2) is 70.5 Å². The predicted octanol–water partition coefficient (Wildman–Crippen LogP) is 14.7. The molecule has 61 heavy (non-hydrogen) atoms. The molecule has 336 valence electrons. The molecule has 0 fully saturated rings. The molecule has 9 heteroatoms. The number of aryl methyl sites for hydroxylation is 4. The van der Waals surface area contributed by atoms with Gasteiger partial charge in [0, 0.05) is 0 Å². The average molecular weight is 903 g/mol. The molecule has 0 heterocycles. The summed E-state index contributed by atoms with van der Waals surface area (Å²) >= 11 is 0. The van der Waals surface area contributed by atoms with Gasteiger partial charge in [0.2, 0.25) is 0 Å². The Morgan fingerprint density at radius 1 is 0.361 bits per heavy atom. The zero-order valence-corrected chi connectivity index (χ0v) is 42.4. The van der Waals surface area contributed by atoms with Crippen LogP contribution in [0, 0.1) is 0 Å². The van der Waals surface area contributed by atoms with Gasteiger partial charge in [-0.2, -0.15) is 0 Å². The quantitative estimate of drug-likeness (QED) is 0.0292. The summed E-state index contributed by atoms with van der Waals surface area (Å²) in [6, 6.07) is 19.5. The third-order valence-electron chi connectivity index (χ3n) is 12.0. The van der Waals surface area contributed by atoms with Crippen molar-refractivity contribution in [3.05, 3.63) is 82.9 Å². The van der Waals surface area contributed by atoms with E-state index < -0.39 is 20.2 Å². The first-order valence-electron chi connectivity index (χ1n) is 23.9. The van der Waals surface area contributed by atoms with E-state index in [2.05, 4.69) is 39.8 Å². The van der Waals surface area contributed by atoms with Gasteiger partial charge in [-0.25, -0.2) is 16.8 Å². The first-order valence-corrected chi connectivity index (χ1v) is 26.8. The Hall–Kier alpha value is -1.52. The van der Waals surface area contributed by atoms with E-state index in [1.54, 1.807) is 0 Å². The summed E-state index contributed by atoms with van der Waals surface area (Å²) in [6.45, 7) is 8.84. The van der Waals surface area contributed by atoms with Crippen LogP contribution in [0.1, 0.15) is 204 Å². The van der Waals surface area contributed by atoms with Crippen LogP contribution in [-0.2, 0) is 45.9 Å². The summed E-state index contributed by atoms with van der Waals surface area (Å²) in [6.07, 6.45) is 32.1. The second-order valence-corrected chi connectivity index (χ2v) is 19.8. The van der Waals surface area contributed by atoms with Crippen LogP contribution in [0.5, 0.6) is 0 Å². The van der Waals surface area contributed by atoms with Crippen molar-refractivity contribution in [2.45, 2.75) is 217 Å². The fraction of sp³-hybridized carbons (Fsp3) is 0.615. The molecule has 4 aromatic rings. The molecule has 0 radical (unpaired) electrons. The molecule has 6 nitrogen and oxygen atoms in total. The molecular weight excluding hydrogens is 825 g/mol. The molecule has 4 aromatic carbocycles. The van der Waals surface area contributed by atoms with Gasteiger partial charge in [0.05, 0.1) is 9.79 Å². The fourth-order valence-corrected chi connectivity index (χ4v) is 10.4. The Kier molecular flexibility index (Phi) is 28.6. The molecule has 0 saturated carbocycles. The van der Waals surface area contributed by atoms with Gasteiger partial charge in [-0.3, -0.25) is 0 Å². The van der Waals surface area contributed by atoms with Crippen molar-refractivity contribution in [3.8, 4) is 0 Å². The largest absolute Gasteiger partial charge is 2.00 e. The summed E-state index contributed by atoms with van der Waals surface area (Å²) in [5.74, 6) is 0. The van der Waals surface area contributed by atoms with E-state index in [0.29, 0.717) is 34.7 Å². The van der Waals surface area contributed by atoms with Gasteiger partial charge < -0.3 is 9.11 Å². The van der Waals surface area contributed by atoms with E-state index >= 15 is 0 Å². The number of rotatable bonds is 30. The summed E-state index contributed by atoms with van der Waals surface area (Å²) < 4.78 is 72.4. The zero-order valence-electron chi connectivity index (χ0n) is 38.5. The third kappa shape index (κ3) is 20.9. The third-order valence-corrected chi connectivity index (χ3v) is 13.9. The number of benzene rings is 4. The van der Waals surface area contributed by atoms with Gasteiger partial charge in [0.25, 0.3) is 0 Å². The molecule has 0 saturated heterocycles. The minimum absolute atomic E-state index is 0. The fourth-order valence-electron chi connectivity index (χ4n) is 8.50. The standard InChI is InChI=1S/2C26H40O3S.Ca/c2*1-3-5-7-9-11-13-15-22-17-20-25-24(21-22)19-18-23(26(25)30(27,28)29)16-14-12-10-8-6-4-2;/h2*17-21H,3-16H2,1-2H3,(H,27,28,29);/q;;+2/p-2. The second kappa shape index (κ2) is 31.4. The van der Waals surface area contributed by atoms with E-state index in [0.717, 1.165) is 62.1 Å². The van der Waals surface area contributed by atoms with Crippen molar-refractivity contribution in [1.29, 1.82) is 0 Å². The van der Waals surface area contributed by atoms with Crippen LogP contribution >= 0.6 is 0 Å². The molecule has 0 spiro atoms. The molecule has 0 aliphatic carbocycles. The Balaban J connectivity index is 0.000000413. The van der Waals surface area contributed by atoms with Gasteiger partial charge in [0.1, 0.15) is 20.2 Å². The van der Waals surface area contributed by atoms with Crippen LogP contribution in [0.4, 0.5) is 0 Å². The van der Waals surface area contributed by atoms with Gasteiger partial charge in [-0.05, 0) is 95.2 Å². The topological polar surface area (TPSA) is 114 Å². The van der Waals surface area contributed by atoms with Gasteiger partial charge in [-0.15, -0.1) is 0 Å². The van der Waals surface area contributed by atoms with E-state index in [4.69, 9.17) is 0 Å². The molecule has 0 amide bonds. The van der Waals surface area contributed by atoms with E-state index in [9.17, 15) is 25.9 Å². The molecule has 0 atom stereocenters. The van der Waals surface area contributed by atoms with Crippen LogP contribution in [0.25, 0.3) is 21.5 Å². The van der Waals surface area contributed by atoms with Crippen molar-refractivity contribution >= 4 is 79.5 Å². The summed E-state index contributed by atoms with van der Waals surface area (Å²) in [5, 5.41) is 2.89. The summed E-state index contributed by atoms with van der Waals surface area (Å²) in [5.41, 5.74) is 3.79. The Bertz CT molecular complexity index is 1900. The van der Waals surface area contributed by atoms with Crippen LogP contribution in [-0.4, -0.2) is 63.7 Å². The maximum atomic E-state index is 12.1. The molecule has 0 N–H and O–H groups in total. The van der Waals surface area contributed by atoms with E-state index in [1.807, 2.05) is 48.5 Å². The monoisotopic (exact) mass is 902 g/mol. The molecule has 0 unspecified atom stereocenters. The smallest absolute Gasteiger partial charge is 0.744 e.